The van der Waals surface area contributed by atoms with E-state index in [4.69, 9.17) is 0 Å². The van der Waals surface area contributed by atoms with E-state index in [2.05, 4.69) is 0 Å². The maximum absolute atomic E-state index is 12.0. The van der Waals surface area contributed by atoms with Gasteiger partial charge in [0.05, 0.1) is 38.9 Å². The largest absolute Gasteiger partial charge is 0.478 e. The Kier molecular flexibility index (Phi) is 5.59. The molecule has 0 atom stereocenters. The predicted molar refractivity (Wildman–Crippen MR) is 110 cm³/mol. The first kappa shape index (κ1) is 24.1. The summed E-state index contributed by atoms with van der Waals surface area (Å²) in [6.45, 7) is 0. The number of benzene rings is 3. The Labute approximate surface area is 190 Å². The fourth-order valence-electron chi connectivity index (χ4n) is 3.87. The van der Waals surface area contributed by atoms with Crippen LogP contribution in [0.1, 0.15) is 72.5 Å². The van der Waals surface area contributed by atoms with E-state index in [1.807, 2.05) is 0 Å². The van der Waals surface area contributed by atoms with Crippen LogP contribution in [0.4, 0.5) is 0 Å². The maximum atomic E-state index is 12.0. The van der Waals surface area contributed by atoms with Crippen LogP contribution < -0.4 is 0 Å². The molecule has 3 rings (SSSR count). The fourth-order valence-corrected chi connectivity index (χ4v) is 3.87. The second kappa shape index (κ2) is 8.11. The average molecular weight is 486 g/mol. The number of carboxylic acids is 7. The monoisotopic (exact) mass is 486 g/mol. The van der Waals surface area contributed by atoms with Crippen molar-refractivity contribution < 1.29 is 69.3 Å². The van der Waals surface area contributed by atoms with Gasteiger partial charge < -0.3 is 35.7 Å². The van der Waals surface area contributed by atoms with Gasteiger partial charge in [-0.05, 0) is 39.7 Å². The smallest absolute Gasteiger partial charge is 0.337 e. The van der Waals surface area contributed by atoms with E-state index in [1.165, 1.54) is 0 Å². The van der Waals surface area contributed by atoms with Gasteiger partial charge in [-0.3, -0.25) is 0 Å². The van der Waals surface area contributed by atoms with Crippen LogP contribution in [0.2, 0.25) is 0 Å². The summed E-state index contributed by atoms with van der Waals surface area (Å²) in [7, 11) is 0. The number of hydrogen-bond donors (Lipinski definition) is 7. The third-order valence-electron chi connectivity index (χ3n) is 5.08. The van der Waals surface area contributed by atoms with Gasteiger partial charge in [-0.2, -0.15) is 0 Å². The normalized spacial score (nSPS) is 10.7. The van der Waals surface area contributed by atoms with Crippen LogP contribution in [-0.4, -0.2) is 77.5 Å². The molecular formula is C21H10O14. The molecule has 0 radical (unpaired) electrons. The van der Waals surface area contributed by atoms with Crippen molar-refractivity contribution in [1.82, 2.24) is 0 Å². The van der Waals surface area contributed by atoms with E-state index in [0.717, 1.165) is 6.07 Å². The Balaban J connectivity index is 2.85. The molecule has 178 valence electrons. The number of aromatic carboxylic acids is 7. The van der Waals surface area contributed by atoms with Crippen LogP contribution >= 0.6 is 0 Å². The topological polar surface area (TPSA) is 261 Å². The Morgan fingerprint density at radius 1 is 0.371 bits per heavy atom. The van der Waals surface area contributed by atoms with Gasteiger partial charge in [0.25, 0.3) is 0 Å². The zero-order chi connectivity index (χ0) is 26.5. The third kappa shape index (κ3) is 3.60. The molecular weight excluding hydrogens is 476 g/mol. The molecule has 0 amide bonds. The second-order valence-corrected chi connectivity index (χ2v) is 6.93. The lowest BCUT2D eigenvalue weighted by molar-refractivity contribution is 0.0621. The van der Waals surface area contributed by atoms with Crippen LogP contribution in [0.5, 0.6) is 0 Å². The van der Waals surface area contributed by atoms with Crippen molar-refractivity contribution in [2.45, 2.75) is 0 Å². The molecule has 0 aliphatic heterocycles. The SMILES string of the molecule is O=C(O)c1cc2cc3c(C(=O)O)c(C(=O)O)c(C(=O)O)c(C(=O)O)c3cc2c(C(=O)O)c1C(=O)O. The molecule has 0 heterocycles. The molecule has 0 bridgehead atoms. The average Bonchev–Trinajstić information content (AvgIpc) is 2.73. The van der Waals surface area contributed by atoms with Crippen molar-refractivity contribution in [2.75, 3.05) is 0 Å². The highest BCUT2D eigenvalue weighted by Gasteiger charge is 2.35. The lowest BCUT2D eigenvalue weighted by atomic mass is 9.85. The van der Waals surface area contributed by atoms with Crippen molar-refractivity contribution >= 4 is 63.3 Å². The summed E-state index contributed by atoms with van der Waals surface area (Å²) < 4.78 is 0. The van der Waals surface area contributed by atoms with Gasteiger partial charge in [0, 0.05) is 0 Å². The summed E-state index contributed by atoms with van der Waals surface area (Å²) in [5.74, 6) is -14.0. The van der Waals surface area contributed by atoms with Gasteiger partial charge in [-0.1, -0.05) is 0 Å². The summed E-state index contributed by atoms with van der Waals surface area (Å²) in [5.41, 5.74) is -8.42. The van der Waals surface area contributed by atoms with Crippen LogP contribution in [0.3, 0.4) is 0 Å². The second-order valence-electron chi connectivity index (χ2n) is 6.93. The molecule has 0 spiro atoms. The Hall–Kier alpha value is -5.53. The summed E-state index contributed by atoms with van der Waals surface area (Å²) in [6, 6.07) is 2.11. The number of carboxylic acid groups (broad SMARTS) is 7. The van der Waals surface area contributed by atoms with E-state index >= 15 is 0 Å². The van der Waals surface area contributed by atoms with E-state index in [9.17, 15) is 69.3 Å². The van der Waals surface area contributed by atoms with E-state index < -0.39 is 102 Å². The van der Waals surface area contributed by atoms with Crippen LogP contribution in [0, 0.1) is 0 Å². The zero-order valence-electron chi connectivity index (χ0n) is 16.7. The number of rotatable bonds is 7. The first-order chi connectivity index (χ1) is 16.2. The molecule has 3 aromatic carbocycles. The Morgan fingerprint density at radius 3 is 1.06 bits per heavy atom. The molecule has 0 fully saturated rings. The van der Waals surface area contributed by atoms with Crippen molar-refractivity contribution in [3.05, 3.63) is 57.1 Å². The van der Waals surface area contributed by atoms with Crippen molar-refractivity contribution in [1.29, 1.82) is 0 Å². The molecule has 14 heteroatoms. The lowest BCUT2D eigenvalue weighted by Gasteiger charge is -2.17. The molecule has 14 nitrogen and oxygen atoms in total. The minimum absolute atomic E-state index is 0.393. The summed E-state index contributed by atoms with van der Waals surface area (Å²) in [5, 5.41) is 64.5. The van der Waals surface area contributed by atoms with Gasteiger partial charge in [0.2, 0.25) is 0 Å². The van der Waals surface area contributed by atoms with E-state index in [1.54, 1.807) is 0 Å². The zero-order valence-corrected chi connectivity index (χ0v) is 16.7. The van der Waals surface area contributed by atoms with Gasteiger partial charge >= 0.3 is 41.8 Å². The highest BCUT2D eigenvalue weighted by Crippen LogP contribution is 2.37. The first-order valence-corrected chi connectivity index (χ1v) is 8.98. The van der Waals surface area contributed by atoms with Gasteiger partial charge in [0.1, 0.15) is 0 Å². The molecule has 35 heavy (non-hydrogen) atoms. The lowest BCUT2D eigenvalue weighted by Crippen LogP contribution is -2.20. The maximum Gasteiger partial charge on any atom is 0.337 e. The van der Waals surface area contributed by atoms with Crippen molar-refractivity contribution in [3.8, 4) is 0 Å². The van der Waals surface area contributed by atoms with Gasteiger partial charge in [-0.25, -0.2) is 33.6 Å². The molecule has 0 aromatic heterocycles. The van der Waals surface area contributed by atoms with Crippen LogP contribution in [0.25, 0.3) is 21.5 Å². The van der Waals surface area contributed by atoms with Gasteiger partial charge in [0.15, 0.2) is 0 Å². The van der Waals surface area contributed by atoms with E-state index in [0.29, 0.717) is 12.1 Å². The Bertz CT molecular complexity index is 1580. The number of carbonyl (C=O) groups is 7. The minimum atomic E-state index is -2.12. The third-order valence-corrected chi connectivity index (χ3v) is 5.08. The predicted octanol–water partition coefficient (Wildman–Crippen LogP) is 1.88. The number of fused-ring (bicyclic) bond motifs is 2. The summed E-state index contributed by atoms with van der Waals surface area (Å²) in [4.78, 5) is 82.8. The van der Waals surface area contributed by atoms with Crippen LogP contribution in [-0.2, 0) is 0 Å². The number of hydrogen-bond acceptors (Lipinski definition) is 7. The first-order valence-electron chi connectivity index (χ1n) is 8.98. The molecule has 3 aromatic rings. The van der Waals surface area contributed by atoms with Crippen molar-refractivity contribution in [2.24, 2.45) is 0 Å². The Morgan fingerprint density at radius 2 is 0.714 bits per heavy atom. The standard InChI is InChI=1S/C21H10O14/c22-15(23)8-2-4-1-6-7(3-5(4)9(16(24)25)12(8)19(30)31)11(18(28)29)14(21(34)35)13(20(32)33)10(6)17(26)27/h1-3H,(H,22,23)(H,24,25)(H,26,27)(H,28,29)(H,30,31)(H,32,33)(H,34,35). The van der Waals surface area contributed by atoms with Crippen molar-refractivity contribution in [3.63, 3.8) is 0 Å². The molecule has 0 aliphatic rings. The summed E-state index contributed by atoms with van der Waals surface area (Å²) >= 11 is 0. The van der Waals surface area contributed by atoms with E-state index in [-0.39, 0.29) is 0 Å². The van der Waals surface area contributed by atoms with Crippen LogP contribution in [0.15, 0.2) is 18.2 Å². The minimum Gasteiger partial charge on any atom is -0.478 e. The molecule has 0 saturated carbocycles. The highest BCUT2D eigenvalue weighted by molar-refractivity contribution is 6.26. The molecule has 0 saturated heterocycles. The molecule has 0 aliphatic carbocycles. The quantitative estimate of drug-likeness (QED) is 0.235. The molecule has 7 N–H and O–H groups in total. The van der Waals surface area contributed by atoms with Gasteiger partial charge in [-0.15, -0.1) is 0 Å². The summed E-state index contributed by atoms with van der Waals surface area (Å²) in [6.07, 6.45) is 0. The highest BCUT2D eigenvalue weighted by atomic mass is 16.4. The fraction of sp³-hybridized carbons (Fsp3) is 0. The molecule has 0 unspecified atom stereocenters.